The molecule has 0 bridgehead atoms. The number of likely N-dealkylation sites (tertiary alicyclic amines) is 1. The normalized spacial score (nSPS) is 13.7. The van der Waals surface area contributed by atoms with Gasteiger partial charge in [0.15, 0.2) is 0 Å². The summed E-state index contributed by atoms with van der Waals surface area (Å²) in [6, 6.07) is 0.409. The van der Waals surface area contributed by atoms with Gasteiger partial charge in [-0.3, -0.25) is 34.9 Å². The average molecular weight is 674 g/mol. The standard InChI is InChI=1S/C25H52N2.C6H3N3O9S/c1-3-5-14-20-26(21-15-6-4-2)22-16-11-9-7-8-10-12-17-23-27-24-18-13-19-25-27;10-7(11)3-1-4(8(12)13)6(19(16,17)18)5(2-3)9(14)15/h3-25H2,1-2H3;1-2H,(H,16,17,18). The maximum absolute atomic E-state index is 10.9. The van der Waals surface area contributed by atoms with E-state index in [0.29, 0.717) is 0 Å². The molecule has 1 aromatic rings. The Morgan fingerprint density at radius 3 is 1.48 bits per heavy atom. The van der Waals surface area contributed by atoms with E-state index in [1.54, 1.807) is 0 Å². The minimum Gasteiger partial charge on any atom is -0.303 e. The number of non-ortho nitro benzene ring substituents is 1. The van der Waals surface area contributed by atoms with E-state index in [2.05, 4.69) is 23.6 Å². The van der Waals surface area contributed by atoms with Gasteiger partial charge >= 0.3 is 21.5 Å². The van der Waals surface area contributed by atoms with Crippen molar-refractivity contribution < 1.29 is 27.7 Å². The maximum atomic E-state index is 10.9. The summed E-state index contributed by atoms with van der Waals surface area (Å²) in [5, 5.41) is 31.7. The van der Waals surface area contributed by atoms with Gasteiger partial charge in [0.05, 0.1) is 26.9 Å². The number of hydrogen-bond donors (Lipinski definition) is 1. The molecule has 14 nitrogen and oxygen atoms in total. The molecule has 0 aromatic heterocycles. The van der Waals surface area contributed by atoms with Gasteiger partial charge < -0.3 is 9.80 Å². The first-order chi connectivity index (χ1) is 21.9. The zero-order valence-electron chi connectivity index (χ0n) is 27.8. The predicted molar refractivity (Wildman–Crippen MR) is 179 cm³/mol. The van der Waals surface area contributed by atoms with Crippen LogP contribution < -0.4 is 0 Å². The Morgan fingerprint density at radius 1 is 0.674 bits per heavy atom. The van der Waals surface area contributed by atoms with E-state index >= 15 is 0 Å². The molecule has 46 heavy (non-hydrogen) atoms. The molecule has 2 rings (SSSR count). The smallest absolute Gasteiger partial charge is 0.303 e. The van der Waals surface area contributed by atoms with Gasteiger partial charge in [-0.25, -0.2) is 0 Å². The van der Waals surface area contributed by atoms with Crippen LogP contribution in [0.4, 0.5) is 17.1 Å². The fraction of sp³-hybridized carbons (Fsp3) is 0.806. The molecule has 1 saturated heterocycles. The van der Waals surface area contributed by atoms with Crippen molar-refractivity contribution >= 4 is 27.2 Å². The van der Waals surface area contributed by atoms with Gasteiger partial charge in [0, 0.05) is 0 Å². The first-order valence-corrected chi connectivity index (χ1v) is 18.4. The van der Waals surface area contributed by atoms with Crippen molar-refractivity contribution in [1.82, 2.24) is 9.80 Å². The van der Waals surface area contributed by atoms with Crippen molar-refractivity contribution in [3.63, 3.8) is 0 Å². The first-order valence-electron chi connectivity index (χ1n) is 17.0. The van der Waals surface area contributed by atoms with Crippen LogP contribution in [0.25, 0.3) is 0 Å². The molecule has 0 radical (unpaired) electrons. The van der Waals surface area contributed by atoms with Crippen LogP contribution in [0, 0.1) is 30.3 Å². The van der Waals surface area contributed by atoms with Crippen LogP contribution in [-0.4, -0.2) is 76.8 Å². The van der Waals surface area contributed by atoms with E-state index in [-0.39, 0.29) is 12.1 Å². The van der Waals surface area contributed by atoms with Crippen molar-refractivity contribution in [3.05, 3.63) is 42.5 Å². The van der Waals surface area contributed by atoms with Crippen molar-refractivity contribution in [3.8, 4) is 0 Å². The van der Waals surface area contributed by atoms with Gasteiger partial charge in [-0.15, -0.1) is 0 Å². The van der Waals surface area contributed by atoms with Gasteiger partial charge in [-0.05, 0) is 77.8 Å². The van der Waals surface area contributed by atoms with Crippen molar-refractivity contribution in [2.45, 2.75) is 128 Å². The number of piperidine rings is 1. The molecule has 1 fully saturated rings. The largest absolute Gasteiger partial charge is 0.308 e. The number of benzene rings is 1. The number of hydrogen-bond acceptors (Lipinski definition) is 10. The SMILES string of the molecule is CCCCCN(CCCCC)CCCCCCCCCCN1CCCCC1.O=[N+]([O-])c1cc([N+](=O)[O-])c(S(=O)(=O)O)c([N+](=O)[O-])c1. The molecule has 0 amide bonds. The Balaban J connectivity index is 0.000000489. The van der Waals surface area contributed by atoms with Crippen LogP contribution in [0.1, 0.15) is 123 Å². The van der Waals surface area contributed by atoms with Crippen LogP contribution >= 0.6 is 0 Å². The van der Waals surface area contributed by atoms with Crippen LogP contribution in [0.15, 0.2) is 17.0 Å². The van der Waals surface area contributed by atoms with Gasteiger partial charge in [0.2, 0.25) is 4.90 Å². The fourth-order valence-electron chi connectivity index (χ4n) is 5.65. The maximum Gasteiger partial charge on any atom is 0.308 e. The second kappa shape index (κ2) is 23.6. The number of nitro benzene ring substituents is 3. The number of unbranched alkanes of at least 4 members (excludes halogenated alkanes) is 11. The summed E-state index contributed by atoms with van der Waals surface area (Å²) in [5.74, 6) is 0. The van der Waals surface area contributed by atoms with E-state index in [1.165, 1.54) is 148 Å². The topological polar surface area (TPSA) is 190 Å². The molecule has 0 saturated carbocycles. The highest BCUT2D eigenvalue weighted by molar-refractivity contribution is 7.86. The minimum atomic E-state index is -5.30. The molecular formula is C31H55N5O9S. The lowest BCUT2D eigenvalue weighted by Gasteiger charge is -2.26. The monoisotopic (exact) mass is 673 g/mol. The molecule has 1 aromatic carbocycles. The molecule has 1 N–H and O–H groups in total. The van der Waals surface area contributed by atoms with E-state index in [9.17, 15) is 38.8 Å². The Morgan fingerprint density at radius 2 is 1.09 bits per heavy atom. The van der Waals surface area contributed by atoms with Crippen LogP contribution in [0.5, 0.6) is 0 Å². The molecule has 15 heteroatoms. The van der Waals surface area contributed by atoms with Crippen molar-refractivity contribution in [2.24, 2.45) is 0 Å². The molecule has 0 atom stereocenters. The van der Waals surface area contributed by atoms with E-state index in [4.69, 9.17) is 4.55 Å². The summed E-state index contributed by atoms with van der Waals surface area (Å²) in [7, 11) is -5.30. The predicted octanol–water partition coefficient (Wildman–Crippen LogP) is 7.93. The first kappa shape index (κ1) is 41.3. The molecule has 0 spiro atoms. The van der Waals surface area contributed by atoms with Gasteiger partial charge in [-0.1, -0.05) is 84.5 Å². The lowest BCUT2D eigenvalue weighted by atomic mass is 10.1. The molecule has 1 aliphatic heterocycles. The summed E-state index contributed by atoms with van der Waals surface area (Å²) in [6.45, 7) is 12.8. The second-order valence-electron chi connectivity index (χ2n) is 12.0. The van der Waals surface area contributed by atoms with Crippen molar-refractivity contribution in [1.29, 1.82) is 0 Å². The average Bonchev–Trinajstić information content (AvgIpc) is 3.01. The zero-order valence-corrected chi connectivity index (χ0v) is 28.6. The summed E-state index contributed by atoms with van der Waals surface area (Å²) in [4.78, 5) is 31.6. The Hall–Kier alpha value is -2.75. The number of nitro groups is 3. The van der Waals surface area contributed by atoms with Gasteiger partial charge in [-0.2, -0.15) is 8.42 Å². The Labute approximate surface area is 274 Å². The molecule has 264 valence electrons. The highest BCUT2D eigenvalue weighted by Crippen LogP contribution is 2.36. The van der Waals surface area contributed by atoms with E-state index in [0.717, 1.165) is 0 Å². The summed E-state index contributed by atoms with van der Waals surface area (Å²) in [6.07, 6.45) is 24.3. The summed E-state index contributed by atoms with van der Waals surface area (Å²) in [5.41, 5.74) is -3.96. The van der Waals surface area contributed by atoms with Crippen LogP contribution in [0.2, 0.25) is 0 Å². The van der Waals surface area contributed by atoms with Crippen molar-refractivity contribution in [2.75, 3.05) is 39.3 Å². The molecule has 0 unspecified atom stereocenters. The van der Waals surface area contributed by atoms with E-state index in [1.807, 2.05) is 0 Å². The minimum absolute atomic E-state index is 0.204. The molecule has 1 aliphatic rings. The third-order valence-electron chi connectivity index (χ3n) is 8.20. The Bertz CT molecular complexity index is 1120. The molecule has 1 heterocycles. The fourth-order valence-corrected chi connectivity index (χ4v) is 6.44. The van der Waals surface area contributed by atoms with Gasteiger partial charge in [0.25, 0.3) is 5.69 Å². The van der Waals surface area contributed by atoms with Gasteiger partial charge in [0.1, 0.15) is 0 Å². The van der Waals surface area contributed by atoms with Crippen LogP contribution in [-0.2, 0) is 10.1 Å². The summed E-state index contributed by atoms with van der Waals surface area (Å²) < 4.78 is 30.7. The quantitative estimate of drug-likeness (QED) is 0.0513. The molecular weight excluding hydrogens is 618 g/mol. The van der Waals surface area contributed by atoms with E-state index < -0.39 is 46.8 Å². The molecule has 0 aliphatic carbocycles. The summed E-state index contributed by atoms with van der Waals surface area (Å²) >= 11 is 0. The number of rotatable bonds is 23. The third-order valence-corrected chi connectivity index (χ3v) is 9.13. The second-order valence-corrected chi connectivity index (χ2v) is 13.4. The third kappa shape index (κ3) is 17.2. The Kier molecular flexibility index (Phi) is 21.1. The lowest BCUT2D eigenvalue weighted by Crippen LogP contribution is -2.30. The number of nitrogens with zero attached hydrogens (tertiary/aromatic N) is 5. The highest BCUT2D eigenvalue weighted by Gasteiger charge is 2.37. The highest BCUT2D eigenvalue weighted by atomic mass is 32.2. The zero-order chi connectivity index (χ0) is 34.4. The van der Waals surface area contributed by atoms with Crippen LogP contribution in [0.3, 0.4) is 0 Å². The lowest BCUT2D eigenvalue weighted by molar-refractivity contribution is -0.407.